The molecule has 0 aromatic rings. The van der Waals surface area contributed by atoms with Crippen LogP contribution in [-0.2, 0) is 38.0 Å². The number of nitrogens with one attached hydrogen (secondary N) is 1. The van der Waals surface area contributed by atoms with Crippen molar-refractivity contribution < 1.29 is 89.0 Å². The normalized spacial score (nSPS) is 50.2. The average Bonchev–Trinajstić information content (AvgIpc) is 3.06. The van der Waals surface area contributed by atoms with Crippen molar-refractivity contribution in [2.75, 3.05) is 20.3 Å². The first-order chi connectivity index (χ1) is 22.7. The highest BCUT2D eigenvalue weighted by molar-refractivity contribution is 5.73. The molecule has 48 heavy (non-hydrogen) atoms. The Hall–Kier alpha value is -1.21. The van der Waals surface area contributed by atoms with E-state index in [2.05, 4.69) is 5.32 Å². The van der Waals surface area contributed by atoms with E-state index < -0.39 is 142 Å². The molecule has 4 aliphatic rings. The minimum Gasteiger partial charge on any atom is -0.394 e. The van der Waals surface area contributed by atoms with E-state index in [0.717, 1.165) is 0 Å². The molecular weight excluding hydrogens is 650 g/mol. The molecule has 19 heteroatoms. The molecular formula is C29H51NO18. The lowest BCUT2D eigenvalue weighted by Gasteiger charge is -2.50. The summed E-state index contributed by atoms with van der Waals surface area (Å²) in [4.78, 5) is 12.1. The summed E-state index contributed by atoms with van der Waals surface area (Å²) >= 11 is 0. The summed E-state index contributed by atoms with van der Waals surface area (Å²) in [6.45, 7) is 2.97. The van der Waals surface area contributed by atoms with E-state index in [1.54, 1.807) is 6.92 Å². The molecule has 1 amide bonds. The standard InChI is InChI=1S/C29H51NO18/c1-5-11-18(35)21(38)24(41)29(45-11)48-27-13(44-14(7-31)19(36)23(27)40)6-12-26(22(39)17(34)9(2)43-12)47-28-16(30-10(3)33)20(37)25(42-4)15(8-32)46-28/h9,11-29,31-32,34-41H,5-8H2,1-4H3,(H,30,33)/t9-,11?,12?,13-,14?,15?,16?,17?,18+,19+,20?,21?,22?,23?,24?,25-,26+,27?,28-,29+/m0/s1. The van der Waals surface area contributed by atoms with Gasteiger partial charge in [-0.1, -0.05) is 6.92 Å². The van der Waals surface area contributed by atoms with Gasteiger partial charge in [0.15, 0.2) is 12.6 Å². The molecule has 4 aliphatic heterocycles. The predicted molar refractivity (Wildman–Crippen MR) is 156 cm³/mol. The fourth-order valence-electron chi connectivity index (χ4n) is 6.78. The maximum Gasteiger partial charge on any atom is 0.217 e. The van der Waals surface area contributed by atoms with Crippen LogP contribution in [0.5, 0.6) is 0 Å². The summed E-state index contributed by atoms with van der Waals surface area (Å²) in [5, 5.41) is 108. The Bertz CT molecular complexity index is 1030. The first kappa shape index (κ1) is 39.6. The summed E-state index contributed by atoms with van der Waals surface area (Å²) < 4.78 is 40.7. The van der Waals surface area contributed by atoms with Gasteiger partial charge in [0.1, 0.15) is 85.4 Å². The van der Waals surface area contributed by atoms with Gasteiger partial charge in [0, 0.05) is 20.5 Å². The molecule has 12 unspecified atom stereocenters. The van der Waals surface area contributed by atoms with Crippen molar-refractivity contribution in [1.82, 2.24) is 5.32 Å². The van der Waals surface area contributed by atoms with Crippen LogP contribution in [0.25, 0.3) is 0 Å². The third-order valence-corrected chi connectivity index (χ3v) is 9.50. The van der Waals surface area contributed by atoms with Crippen LogP contribution in [-0.4, -0.2) is 200 Å². The van der Waals surface area contributed by atoms with Gasteiger partial charge in [-0.3, -0.25) is 4.79 Å². The van der Waals surface area contributed by atoms with Crippen LogP contribution in [0.1, 0.15) is 33.6 Å². The van der Waals surface area contributed by atoms with Crippen LogP contribution in [0.4, 0.5) is 0 Å². The number of ether oxygens (including phenoxy) is 7. The highest BCUT2D eigenvalue weighted by Gasteiger charge is 2.54. The van der Waals surface area contributed by atoms with E-state index in [1.165, 1.54) is 21.0 Å². The SMILES string of the molecule is CCC1O[C@H](OC2C(O)[C@H](O)C(CO)O[C@H]2CC2O[C@@H](C)C(O)C(O)[C@@H]2O[C@@H]2OC(CO)[C@H](OC)C(O)C2NC(C)=O)C(O)C(O)[C@@H]1O. The lowest BCUT2D eigenvalue weighted by Crippen LogP contribution is -2.68. The van der Waals surface area contributed by atoms with Crippen molar-refractivity contribution in [3.05, 3.63) is 0 Å². The predicted octanol–water partition coefficient (Wildman–Crippen LogP) is -6.05. The molecule has 4 heterocycles. The van der Waals surface area contributed by atoms with Crippen molar-refractivity contribution in [3.63, 3.8) is 0 Å². The number of carbonyl (C=O) groups is 1. The van der Waals surface area contributed by atoms with Crippen molar-refractivity contribution in [2.45, 2.75) is 156 Å². The minimum atomic E-state index is -1.78. The van der Waals surface area contributed by atoms with E-state index in [9.17, 15) is 55.9 Å². The monoisotopic (exact) mass is 701 g/mol. The molecule has 0 bridgehead atoms. The molecule has 4 rings (SSSR count). The topological polar surface area (TPSA) is 296 Å². The lowest BCUT2D eigenvalue weighted by atomic mass is 9.87. The molecule has 280 valence electrons. The lowest BCUT2D eigenvalue weighted by molar-refractivity contribution is -0.346. The maximum atomic E-state index is 12.1. The number of methoxy groups -OCH3 is 1. The zero-order chi connectivity index (χ0) is 35.6. The number of aliphatic hydroxyl groups excluding tert-OH is 10. The Labute approximate surface area is 276 Å². The summed E-state index contributed by atoms with van der Waals surface area (Å²) in [5.41, 5.74) is 0. The van der Waals surface area contributed by atoms with Gasteiger partial charge in [-0.25, -0.2) is 0 Å². The Balaban J connectivity index is 1.63. The second kappa shape index (κ2) is 16.9. The number of hydrogen-bond donors (Lipinski definition) is 11. The fraction of sp³-hybridized carbons (Fsp3) is 0.966. The van der Waals surface area contributed by atoms with Crippen LogP contribution in [0.3, 0.4) is 0 Å². The van der Waals surface area contributed by atoms with Crippen molar-refractivity contribution in [1.29, 1.82) is 0 Å². The molecule has 0 spiro atoms. The Morgan fingerprint density at radius 1 is 0.625 bits per heavy atom. The van der Waals surface area contributed by atoms with E-state index in [1.807, 2.05) is 0 Å². The number of rotatable bonds is 11. The van der Waals surface area contributed by atoms with Gasteiger partial charge in [-0.2, -0.15) is 0 Å². The summed E-state index contributed by atoms with van der Waals surface area (Å²) in [5.74, 6) is -0.576. The van der Waals surface area contributed by atoms with Gasteiger partial charge in [-0.05, 0) is 13.3 Å². The van der Waals surface area contributed by atoms with Crippen LogP contribution in [0.15, 0.2) is 0 Å². The zero-order valence-corrected chi connectivity index (χ0v) is 27.1. The largest absolute Gasteiger partial charge is 0.394 e. The van der Waals surface area contributed by atoms with E-state index in [0.29, 0.717) is 0 Å². The summed E-state index contributed by atoms with van der Waals surface area (Å²) in [6, 6.07) is -1.28. The second-order valence-electron chi connectivity index (χ2n) is 12.7. The molecule has 4 fully saturated rings. The second-order valence-corrected chi connectivity index (χ2v) is 12.7. The van der Waals surface area contributed by atoms with Crippen LogP contribution in [0, 0.1) is 0 Å². The van der Waals surface area contributed by atoms with Gasteiger partial charge < -0.3 is 89.5 Å². The maximum absolute atomic E-state index is 12.1. The molecule has 11 N–H and O–H groups in total. The van der Waals surface area contributed by atoms with Crippen LogP contribution >= 0.6 is 0 Å². The van der Waals surface area contributed by atoms with E-state index in [4.69, 9.17) is 33.2 Å². The average molecular weight is 702 g/mol. The zero-order valence-electron chi connectivity index (χ0n) is 27.1. The third-order valence-electron chi connectivity index (χ3n) is 9.50. The number of carbonyl (C=O) groups excluding carboxylic acids is 1. The third kappa shape index (κ3) is 8.13. The number of hydrogen-bond acceptors (Lipinski definition) is 18. The molecule has 0 radical (unpaired) electrons. The van der Waals surface area contributed by atoms with Crippen LogP contribution in [0.2, 0.25) is 0 Å². The van der Waals surface area contributed by atoms with Gasteiger partial charge in [0.2, 0.25) is 5.91 Å². The smallest absolute Gasteiger partial charge is 0.217 e. The molecule has 19 nitrogen and oxygen atoms in total. The van der Waals surface area contributed by atoms with E-state index in [-0.39, 0.29) is 12.8 Å². The Morgan fingerprint density at radius 2 is 1.17 bits per heavy atom. The minimum absolute atomic E-state index is 0.222. The first-order valence-corrected chi connectivity index (χ1v) is 16.1. The van der Waals surface area contributed by atoms with Gasteiger partial charge >= 0.3 is 0 Å². The van der Waals surface area contributed by atoms with E-state index >= 15 is 0 Å². The number of aliphatic hydroxyl groups is 10. The van der Waals surface area contributed by atoms with Gasteiger partial charge in [0.25, 0.3) is 0 Å². The highest BCUT2D eigenvalue weighted by atomic mass is 16.7. The summed E-state index contributed by atoms with van der Waals surface area (Å²) in [7, 11) is 1.27. The molecule has 0 aromatic carbocycles. The summed E-state index contributed by atoms with van der Waals surface area (Å²) in [6.07, 6.45) is -27.2. The van der Waals surface area contributed by atoms with Crippen molar-refractivity contribution in [2.24, 2.45) is 0 Å². The van der Waals surface area contributed by atoms with Gasteiger partial charge in [0.05, 0.1) is 37.6 Å². The van der Waals surface area contributed by atoms with Crippen molar-refractivity contribution >= 4 is 5.91 Å². The van der Waals surface area contributed by atoms with Gasteiger partial charge in [-0.15, -0.1) is 0 Å². The molecule has 4 saturated heterocycles. The molecule has 0 saturated carbocycles. The Kier molecular flexibility index (Phi) is 13.9. The first-order valence-electron chi connectivity index (χ1n) is 16.1. The number of amides is 1. The van der Waals surface area contributed by atoms with Crippen LogP contribution < -0.4 is 5.32 Å². The molecule has 20 atom stereocenters. The Morgan fingerprint density at radius 3 is 1.73 bits per heavy atom. The highest BCUT2D eigenvalue weighted by Crippen LogP contribution is 2.36. The quantitative estimate of drug-likeness (QED) is 0.0955. The van der Waals surface area contributed by atoms with Crippen molar-refractivity contribution in [3.8, 4) is 0 Å². The molecule has 0 aliphatic carbocycles. The molecule has 0 aromatic heterocycles. The fourth-order valence-corrected chi connectivity index (χ4v) is 6.78.